The highest BCUT2D eigenvalue weighted by Gasteiger charge is 2.57. The van der Waals surface area contributed by atoms with E-state index in [4.69, 9.17) is 33.9 Å². The Balaban J connectivity index is 1.59. The molecule has 4 aliphatic rings. The molecular formula is C57H93NO12Si2. The van der Waals surface area contributed by atoms with Crippen molar-refractivity contribution in [2.24, 2.45) is 29.6 Å². The van der Waals surface area contributed by atoms with E-state index in [1.54, 1.807) is 34.3 Å². The molecule has 1 aromatic rings. The van der Waals surface area contributed by atoms with Gasteiger partial charge >= 0.3 is 5.97 Å². The molecule has 3 aliphatic heterocycles. The number of benzene rings is 1. The highest BCUT2D eigenvalue weighted by molar-refractivity contribution is 6.84. The minimum absolute atomic E-state index is 0.0262. The number of aliphatic hydroxyl groups is 1. The van der Waals surface area contributed by atoms with Crippen LogP contribution >= 0.6 is 0 Å². The lowest BCUT2D eigenvalue weighted by molar-refractivity contribution is -0.302. The van der Waals surface area contributed by atoms with Crippen LogP contribution in [0, 0.1) is 29.6 Å². The molecule has 0 aromatic heterocycles. The molecule has 1 amide bonds. The second kappa shape index (κ2) is 25.3. The van der Waals surface area contributed by atoms with Gasteiger partial charge in [0.25, 0.3) is 11.7 Å². The third-order valence-corrected chi connectivity index (χ3v) is 23.9. The van der Waals surface area contributed by atoms with Gasteiger partial charge in [-0.25, -0.2) is 4.79 Å². The number of hydrogen-bond acceptors (Lipinski definition) is 12. The molecular weight excluding hydrogens is 947 g/mol. The number of piperidine rings is 1. The summed E-state index contributed by atoms with van der Waals surface area (Å²) < 4.78 is 54.0. The van der Waals surface area contributed by atoms with Crippen molar-refractivity contribution < 1.29 is 58.2 Å². The summed E-state index contributed by atoms with van der Waals surface area (Å²) in [4.78, 5) is 60.4. The van der Waals surface area contributed by atoms with Gasteiger partial charge in [-0.3, -0.25) is 14.4 Å². The average molecular weight is 1040 g/mol. The van der Waals surface area contributed by atoms with Gasteiger partial charge in [0.2, 0.25) is 14.1 Å². The Morgan fingerprint density at radius 2 is 1.54 bits per heavy atom. The summed E-state index contributed by atoms with van der Waals surface area (Å²) in [5.41, 5.74) is 1.84. The number of allylic oxidation sites excluding steroid dienone is 3. The first kappa shape index (κ1) is 58.4. The van der Waals surface area contributed by atoms with Gasteiger partial charge in [0.1, 0.15) is 24.0 Å². The van der Waals surface area contributed by atoms with Crippen molar-refractivity contribution in [1.29, 1.82) is 0 Å². The van der Waals surface area contributed by atoms with Crippen LogP contribution in [0.5, 0.6) is 0 Å². The number of esters is 1. The van der Waals surface area contributed by atoms with Crippen molar-refractivity contribution in [3.8, 4) is 0 Å². The predicted octanol–water partition coefficient (Wildman–Crippen LogP) is 9.64. The van der Waals surface area contributed by atoms with E-state index in [-0.39, 0.29) is 66.6 Å². The summed E-state index contributed by atoms with van der Waals surface area (Å²) in [7, 11) is -0.224. The van der Waals surface area contributed by atoms with Crippen molar-refractivity contribution in [2.45, 2.75) is 219 Å². The van der Waals surface area contributed by atoms with Crippen LogP contribution in [0.1, 0.15) is 134 Å². The van der Waals surface area contributed by atoms with Gasteiger partial charge < -0.3 is 42.5 Å². The van der Waals surface area contributed by atoms with Crippen LogP contribution in [0.2, 0.25) is 31.2 Å². The Hall–Kier alpha value is -2.87. The second-order valence-corrected chi connectivity index (χ2v) is 32.4. The summed E-state index contributed by atoms with van der Waals surface area (Å²) >= 11 is 0. The van der Waals surface area contributed by atoms with Gasteiger partial charge in [-0.1, -0.05) is 96.5 Å². The molecule has 5 rings (SSSR count). The van der Waals surface area contributed by atoms with Gasteiger partial charge in [-0.15, -0.1) is 0 Å². The van der Waals surface area contributed by atoms with Crippen LogP contribution in [0.3, 0.4) is 0 Å². The van der Waals surface area contributed by atoms with E-state index < -0.39 is 88.5 Å². The third kappa shape index (κ3) is 14.3. The summed E-state index contributed by atoms with van der Waals surface area (Å²) in [6.45, 7) is 27.0. The number of carbonyl (C=O) groups is 4. The van der Waals surface area contributed by atoms with Crippen LogP contribution in [0.4, 0.5) is 0 Å². The third-order valence-electron chi connectivity index (χ3n) is 16.9. The Labute approximate surface area is 436 Å². The Kier molecular flexibility index (Phi) is 20.5. The van der Waals surface area contributed by atoms with E-state index in [1.165, 1.54) is 4.90 Å². The monoisotopic (exact) mass is 1040 g/mol. The largest absolute Gasteiger partial charge is 0.456 e. The number of amides is 1. The number of fused-ring (bicyclic) bond motifs is 3. The van der Waals surface area contributed by atoms with E-state index in [0.717, 1.165) is 29.2 Å². The lowest BCUT2D eigenvalue weighted by atomic mass is 9.81. The topological polar surface area (TPSA) is 156 Å². The number of cyclic esters (lactones) is 1. The van der Waals surface area contributed by atoms with E-state index in [2.05, 4.69) is 66.0 Å². The molecule has 0 radical (unpaired) electrons. The van der Waals surface area contributed by atoms with E-state index in [1.807, 2.05) is 45.9 Å². The van der Waals surface area contributed by atoms with Crippen LogP contribution in [0.15, 0.2) is 53.6 Å². The van der Waals surface area contributed by atoms with Crippen molar-refractivity contribution in [3.63, 3.8) is 0 Å². The van der Waals surface area contributed by atoms with Crippen LogP contribution < -0.4 is 5.19 Å². The Morgan fingerprint density at radius 1 is 0.875 bits per heavy atom. The average Bonchev–Trinajstić information content (AvgIpc) is 3.33. The maximum absolute atomic E-state index is 15.1. The van der Waals surface area contributed by atoms with Crippen LogP contribution in [-0.4, -0.2) is 133 Å². The number of nitrogens with zero attached hydrogens (tertiary/aromatic N) is 1. The van der Waals surface area contributed by atoms with Crippen molar-refractivity contribution >= 4 is 45.3 Å². The van der Waals surface area contributed by atoms with Gasteiger partial charge in [0.05, 0.1) is 31.9 Å². The summed E-state index contributed by atoms with van der Waals surface area (Å²) in [6.07, 6.45) is 5.93. The maximum Gasteiger partial charge on any atom is 0.329 e. The molecule has 0 spiro atoms. The molecule has 2 bridgehead atoms. The molecule has 1 N–H and O–H groups in total. The summed E-state index contributed by atoms with van der Waals surface area (Å²) in [5.74, 6) is -6.93. The van der Waals surface area contributed by atoms with Gasteiger partial charge in [-0.2, -0.15) is 0 Å². The first-order chi connectivity index (χ1) is 34.1. The molecule has 0 unspecified atom stereocenters. The molecule has 14 atom stereocenters. The molecule has 13 nitrogen and oxygen atoms in total. The van der Waals surface area contributed by atoms with E-state index in [0.29, 0.717) is 44.6 Å². The van der Waals surface area contributed by atoms with Crippen LogP contribution in [0.25, 0.3) is 0 Å². The zero-order chi connectivity index (χ0) is 54.4. The second-order valence-electron chi connectivity index (χ2n) is 23.9. The lowest BCUT2D eigenvalue weighted by Gasteiger charge is -2.47. The van der Waals surface area contributed by atoms with E-state index in [9.17, 15) is 19.5 Å². The van der Waals surface area contributed by atoms with Crippen molar-refractivity contribution in [1.82, 2.24) is 4.90 Å². The van der Waals surface area contributed by atoms with Gasteiger partial charge in [-0.05, 0) is 132 Å². The lowest BCUT2D eigenvalue weighted by Crippen LogP contribution is -2.64. The summed E-state index contributed by atoms with van der Waals surface area (Å²) in [5, 5.41) is 13.0. The number of rotatable bonds is 11. The van der Waals surface area contributed by atoms with E-state index >= 15 is 4.79 Å². The first-order valence-corrected chi connectivity index (χ1v) is 32.8. The Morgan fingerprint density at radius 3 is 2.17 bits per heavy atom. The van der Waals surface area contributed by atoms with Gasteiger partial charge in [0, 0.05) is 52.0 Å². The Bertz CT molecular complexity index is 2130. The van der Waals surface area contributed by atoms with Gasteiger partial charge in [0.15, 0.2) is 8.32 Å². The highest BCUT2D eigenvalue weighted by Crippen LogP contribution is 2.42. The smallest absolute Gasteiger partial charge is 0.329 e. The number of carbonyl (C=O) groups excluding carboxylic acids is 4. The maximum atomic E-state index is 15.1. The minimum atomic E-state index is -2.56. The quantitative estimate of drug-likeness (QED) is 0.0971. The predicted molar refractivity (Wildman–Crippen MR) is 287 cm³/mol. The fraction of sp³-hybridized carbons (Fsp3) is 0.754. The molecule has 3 fully saturated rings. The molecule has 2 saturated heterocycles. The standard InChI is InChI=1S/C57H93NO12Si2/c1-17-42-30-36(2)29-37(3)31-49(65-11)52-50(66-12)33-39(5)57(63,68-52)53(60)54(61)58-28-22-21-25-44(58)55(62)67-51(40(6)47(35-45(42)59)70-72(15,16)56(7,8)9)38(4)32-41-26-27-46(48(34-41)64-10)69-71(13,14)43-23-19-18-20-24-43/h18-20,23-24,30,32,37,39-42,44,46-52,63H,17,21-22,25-29,31,33-35H2,1-16H3/b36-30+,38-32+/t37-,39+,40+,41-,42+,44-,46+,47-,48+,49-,50-,51+,52+,57+/m0/s1/i23D. The molecule has 3 heterocycles. The molecule has 72 heavy (non-hydrogen) atoms. The zero-order valence-corrected chi connectivity index (χ0v) is 48.8. The SMILES string of the molecule is [2H]c1ccccc1[Si](C)(C)O[C@@H]1CC[C@@H](/C=C(\C)[C@H]2OC(=O)[C@@H]3CCCCN3C(=O)C(=O)[C@]3(O)O[C@H]([C@@H](OC)C[C@@H](C)C/C(C)=C/[C@@H](CC)C(=O)C[C@H](O[Si](C)(C)C(C)(C)C)[C@H]2C)[C@@H](OC)C[C@H]3C)C[C@H]1OC. The molecule has 1 aliphatic carbocycles. The molecule has 1 saturated carbocycles. The number of methoxy groups -OCH3 is 3. The van der Waals surface area contributed by atoms with Crippen molar-refractivity contribution in [3.05, 3.63) is 53.6 Å². The molecule has 406 valence electrons. The number of ketones is 2. The van der Waals surface area contributed by atoms with Crippen LogP contribution in [-0.2, 0) is 51.7 Å². The number of hydrogen-bond donors (Lipinski definition) is 1. The zero-order valence-electron chi connectivity index (χ0n) is 47.8. The first-order valence-electron chi connectivity index (χ1n) is 27.5. The number of ether oxygens (including phenoxy) is 5. The molecule has 1 aromatic carbocycles. The minimum Gasteiger partial charge on any atom is -0.456 e. The van der Waals surface area contributed by atoms with Crippen molar-refractivity contribution in [2.75, 3.05) is 27.9 Å². The summed E-state index contributed by atoms with van der Waals surface area (Å²) in [6, 6.07) is 6.98. The fourth-order valence-electron chi connectivity index (χ4n) is 11.4. The normalized spacial score (nSPS) is 35.9. The number of Topliss-reactive ketones (excluding diaryl/α,β-unsaturated/α-hetero) is 2. The molecule has 15 heteroatoms. The highest BCUT2D eigenvalue weighted by atomic mass is 28.4. The fourth-order valence-corrected chi connectivity index (χ4v) is 14.9.